The van der Waals surface area contributed by atoms with Crippen molar-refractivity contribution in [2.75, 3.05) is 32.7 Å². The third-order valence-corrected chi connectivity index (χ3v) is 4.56. The van der Waals surface area contributed by atoms with Gasteiger partial charge in [-0.05, 0) is 6.07 Å². The van der Waals surface area contributed by atoms with Crippen molar-refractivity contribution in [1.29, 1.82) is 0 Å². The Morgan fingerprint density at radius 1 is 1.08 bits per heavy atom. The van der Waals surface area contributed by atoms with Crippen LogP contribution in [0.3, 0.4) is 0 Å². The van der Waals surface area contributed by atoms with Crippen molar-refractivity contribution >= 4 is 11.0 Å². The fraction of sp³-hybridized carbons (Fsp3) is 0.333. The molecule has 0 spiro atoms. The number of rotatable bonds is 4. The normalized spacial score (nSPS) is 17.9. The fourth-order valence-corrected chi connectivity index (χ4v) is 3.26. The maximum Gasteiger partial charge on any atom is 0.144 e. The van der Waals surface area contributed by atoms with E-state index in [1.165, 1.54) is 12.3 Å². The largest absolute Gasteiger partial charge is 0.383 e. The molecule has 0 radical (unpaired) electrons. The van der Waals surface area contributed by atoms with Crippen LogP contribution in [-0.2, 0) is 6.54 Å². The summed E-state index contributed by atoms with van der Waals surface area (Å²) < 4.78 is 28.8. The molecular weight excluding hydrogens is 338 g/mol. The van der Waals surface area contributed by atoms with Gasteiger partial charge in [0.05, 0.1) is 29.0 Å². The summed E-state index contributed by atoms with van der Waals surface area (Å²) in [5.74, 6) is -0.565. The van der Waals surface area contributed by atoms with E-state index in [4.69, 9.17) is 0 Å². The van der Waals surface area contributed by atoms with Crippen molar-refractivity contribution in [3.05, 3.63) is 59.3 Å². The van der Waals surface area contributed by atoms with E-state index >= 15 is 0 Å². The quantitative estimate of drug-likeness (QED) is 0.768. The number of aromatic nitrogens is 2. The van der Waals surface area contributed by atoms with E-state index in [-0.39, 0.29) is 24.7 Å². The summed E-state index contributed by atoms with van der Waals surface area (Å²) in [4.78, 5) is 10.3. The molecule has 0 amide bonds. The number of halogens is 2. The van der Waals surface area contributed by atoms with Crippen LogP contribution in [0.15, 0.2) is 47.9 Å². The predicted octanol–water partition coefficient (Wildman–Crippen LogP) is 1.39. The number of hydrogen-bond acceptors (Lipinski definition) is 6. The van der Waals surface area contributed by atoms with Crippen molar-refractivity contribution in [3.63, 3.8) is 0 Å². The zero-order valence-electron chi connectivity index (χ0n) is 14.2. The first-order chi connectivity index (χ1) is 12.7. The molecule has 3 N–H and O–H groups in total. The van der Waals surface area contributed by atoms with Crippen molar-refractivity contribution in [2.45, 2.75) is 6.54 Å². The highest BCUT2D eigenvalue weighted by molar-refractivity contribution is 5.74. The molecule has 136 valence electrons. The van der Waals surface area contributed by atoms with Crippen molar-refractivity contribution in [3.8, 4) is 0 Å². The second kappa shape index (κ2) is 7.25. The second-order valence-electron chi connectivity index (χ2n) is 6.27. The van der Waals surface area contributed by atoms with Gasteiger partial charge in [-0.1, -0.05) is 0 Å². The van der Waals surface area contributed by atoms with Crippen LogP contribution in [0.1, 0.15) is 5.56 Å². The Balaban J connectivity index is 1.54. The molecule has 0 atom stereocenters. The summed E-state index contributed by atoms with van der Waals surface area (Å²) in [7, 11) is 0. The van der Waals surface area contributed by atoms with Gasteiger partial charge in [0.2, 0.25) is 0 Å². The first-order valence-corrected chi connectivity index (χ1v) is 8.63. The van der Waals surface area contributed by atoms with E-state index in [1.807, 2.05) is 4.90 Å². The van der Waals surface area contributed by atoms with E-state index < -0.39 is 0 Å². The summed E-state index contributed by atoms with van der Waals surface area (Å²) in [6.45, 7) is 3.51. The van der Waals surface area contributed by atoms with Crippen LogP contribution >= 0.6 is 0 Å². The van der Waals surface area contributed by atoms with Crippen LogP contribution < -0.4 is 16.0 Å². The molecule has 3 heterocycles. The van der Waals surface area contributed by atoms with E-state index in [0.29, 0.717) is 28.0 Å². The third kappa shape index (κ3) is 3.32. The summed E-state index contributed by atoms with van der Waals surface area (Å²) >= 11 is 0. The fourth-order valence-electron chi connectivity index (χ4n) is 3.26. The van der Waals surface area contributed by atoms with Gasteiger partial charge < -0.3 is 20.9 Å². The van der Waals surface area contributed by atoms with Crippen LogP contribution in [0, 0.1) is 5.82 Å². The number of nitrogens with zero attached hydrogens (tertiary/aromatic N) is 3. The molecule has 0 bridgehead atoms. The van der Waals surface area contributed by atoms with Crippen molar-refractivity contribution < 1.29 is 8.78 Å². The Hall–Kier alpha value is -2.74. The van der Waals surface area contributed by atoms with Crippen LogP contribution in [0.5, 0.6) is 0 Å². The van der Waals surface area contributed by atoms with Gasteiger partial charge >= 0.3 is 0 Å². The lowest BCUT2D eigenvalue weighted by atomic mass is 10.1. The molecule has 4 rings (SSSR count). The molecule has 1 aromatic carbocycles. The monoisotopic (exact) mass is 358 g/mol. The molecule has 26 heavy (non-hydrogen) atoms. The third-order valence-electron chi connectivity index (χ3n) is 4.56. The average molecular weight is 358 g/mol. The zero-order valence-corrected chi connectivity index (χ0v) is 14.2. The lowest BCUT2D eigenvalue weighted by Gasteiger charge is -2.34. The average Bonchev–Trinajstić information content (AvgIpc) is 2.67. The molecule has 1 fully saturated rings. The Bertz CT molecular complexity index is 873. The van der Waals surface area contributed by atoms with E-state index in [2.05, 4.69) is 25.9 Å². The Morgan fingerprint density at radius 2 is 1.81 bits per heavy atom. The van der Waals surface area contributed by atoms with E-state index in [0.717, 1.165) is 26.2 Å². The maximum atomic E-state index is 14.5. The second-order valence-corrected chi connectivity index (χ2v) is 6.27. The Kier molecular flexibility index (Phi) is 4.66. The minimum Gasteiger partial charge on any atom is -0.383 e. The van der Waals surface area contributed by atoms with E-state index in [1.54, 1.807) is 18.5 Å². The van der Waals surface area contributed by atoms with Gasteiger partial charge in [-0.25, -0.2) is 8.78 Å². The standard InChI is InChI=1S/C18H20F2N6/c19-13-8-16-15(23-1-2-24-16)7-12(13)9-25-17-11-22-10-14(20)18(17)26-5-3-21-4-6-26/h1-2,7-8,11,21-22,25H,3-6,9-10H2. The smallest absolute Gasteiger partial charge is 0.144 e. The van der Waals surface area contributed by atoms with Gasteiger partial charge in [0, 0.05) is 62.9 Å². The molecule has 2 aliphatic rings. The number of fused-ring (bicyclic) bond motifs is 1. The summed E-state index contributed by atoms with van der Waals surface area (Å²) in [5, 5.41) is 9.35. The molecule has 2 aromatic rings. The molecule has 1 aromatic heterocycles. The predicted molar refractivity (Wildman–Crippen MR) is 95.0 cm³/mol. The Morgan fingerprint density at radius 3 is 2.58 bits per heavy atom. The molecular formula is C18H20F2N6. The highest BCUT2D eigenvalue weighted by Crippen LogP contribution is 2.23. The molecule has 8 heteroatoms. The number of hydrogen-bond donors (Lipinski definition) is 3. The van der Waals surface area contributed by atoms with E-state index in [9.17, 15) is 8.78 Å². The SMILES string of the molecule is FC1=C(N2CCNCC2)C(NCc2cc3nccnc3cc2F)=CNC1. The molecule has 0 aliphatic carbocycles. The molecule has 0 saturated carbocycles. The molecule has 2 aliphatic heterocycles. The van der Waals surface area contributed by atoms with Crippen molar-refractivity contribution in [1.82, 2.24) is 30.8 Å². The van der Waals surface area contributed by atoms with Gasteiger partial charge in [-0.15, -0.1) is 0 Å². The minimum absolute atomic E-state index is 0.171. The molecule has 6 nitrogen and oxygen atoms in total. The van der Waals surface area contributed by atoms with Gasteiger partial charge in [-0.2, -0.15) is 0 Å². The van der Waals surface area contributed by atoms with Gasteiger partial charge in [-0.3, -0.25) is 9.97 Å². The first kappa shape index (κ1) is 16.7. The van der Waals surface area contributed by atoms with Crippen LogP contribution in [-0.4, -0.2) is 47.6 Å². The summed E-state index contributed by atoms with van der Waals surface area (Å²) in [5.41, 5.74) is 2.80. The van der Waals surface area contributed by atoms with Gasteiger partial charge in [0.1, 0.15) is 11.6 Å². The lowest BCUT2D eigenvalue weighted by molar-refractivity contribution is 0.287. The topological polar surface area (TPSA) is 65.1 Å². The molecule has 0 unspecified atom stereocenters. The van der Waals surface area contributed by atoms with Gasteiger partial charge in [0.25, 0.3) is 0 Å². The van der Waals surface area contributed by atoms with Crippen LogP contribution in [0.25, 0.3) is 11.0 Å². The Labute approximate surface area is 150 Å². The zero-order chi connectivity index (χ0) is 17.9. The summed E-state index contributed by atoms with van der Waals surface area (Å²) in [6.07, 6.45) is 4.86. The van der Waals surface area contributed by atoms with Crippen LogP contribution in [0.4, 0.5) is 8.78 Å². The first-order valence-electron chi connectivity index (χ1n) is 8.63. The molecule has 1 saturated heterocycles. The minimum atomic E-state index is -0.358. The maximum absolute atomic E-state index is 14.5. The highest BCUT2D eigenvalue weighted by atomic mass is 19.1. The summed E-state index contributed by atoms with van der Waals surface area (Å²) in [6, 6.07) is 3.05. The lowest BCUT2D eigenvalue weighted by Crippen LogP contribution is -2.45. The van der Waals surface area contributed by atoms with Crippen molar-refractivity contribution in [2.24, 2.45) is 0 Å². The highest BCUT2D eigenvalue weighted by Gasteiger charge is 2.23. The number of nitrogens with one attached hydrogen (secondary N) is 3. The van der Waals surface area contributed by atoms with Gasteiger partial charge in [0.15, 0.2) is 0 Å². The van der Waals surface area contributed by atoms with Crippen LogP contribution in [0.2, 0.25) is 0 Å². The number of dihydropyridines is 1. The number of piperazine rings is 1. The number of benzene rings is 1.